The molecule has 0 atom stereocenters. The molecule has 0 aliphatic heterocycles. The summed E-state index contributed by atoms with van der Waals surface area (Å²) in [7, 11) is 4.72. The molecule has 0 bridgehead atoms. The summed E-state index contributed by atoms with van der Waals surface area (Å²) in [6, 6.07) is 0. The number of aliphatic carboxylic acids is 4. The summed E-state index contributed by atoms with van der Waals surface area (Å²) in [5, 5.41) is 83.9. The molecule has 20 nitrogen and oxygen atoms in total. The van der Waals surface area contributed by atoms with E-state index in [1.165, 1.54) is 28.4 Å². The molecule has 37 heavy (non-hydrogen) atoms. The Kier molecular flexibility index (Phi) is 35.9. The summed E-state index contributed by atoms with van der Waals surface area (Å²) < 4.78 is 0. The van der Waals surface area contributed by atoms with Crippen molar-refractivity contribution >= 4 is 46.7 Å². The molecule has 0 aliphatic carbocycles. The van der Waals surface area contributed by atoms with Crippen LogP contribution in [0.5, 0.6) is 0 Å². The third-order valence-electron chi connectivity index (χ3n) is 2.35. The number of oxime groups is 4. The summed E-state index contributed by atoms with van der Waals surface area (Å²) >= 11 is 0. The Morgan fingerprint density at radius 3 is 0.649 bits per heavy atom. The zero-order valence-corrected chi connectivity index (χ0v) is 23.4. The molecule has 0 fully saturated rings. The molecule has 0 amide bonds. The van der Waals surface area contributed by atoms with Gasteiger partial charge in [0, 0.05) is 0 Å². The van der Waals surface area contributed by atoms with Crippen LogP contribution in [0.25, 0.3) is 0 Å². The zero-order valence-electron chi connectivity index (χ0n) is 19.8. The van der Waals surface area contributed by atoms with Gasteiger partial charge in [0.1, 0.15) is 51.3 Å². The van der Waals surface area contributed by atoms with Crippen LogP contribution in [0.15, 0.2) is 20.6 Å². The van der Waals surface area contributed by atoms with Gasteiger partial charge in [0.2, 0.25) is 0 Å². The van der Waals surface area contributed by atoms with E-state index in [9.17, 15) is 39.6 Å². The first-order valence-electron chi connectivity index (χ1n) is 8.57. The number of carbonyl (C=O) groups is 4. The van der Waals surface area contributed by atoms with E-state index in [2.05, 4.69) is 40.0 Å². The number of hydrogen-bond donors (Lipinski definition) is 4. The van der Waals surface area contributed by atoms with Gasteiger partial charge in [-0.2, -0.15) is 0 Å². The molecule has 21 heteroatoms. The maximum Gasteiger partial charge on any atom is 4.00 e. The maximum absolute atomic E-state index is 9.84. The predicted octanol–water partition coefficient (Wildman–Crippen LogP) is -9.08. The van der Waals surface area contributed by atoms with Crippen LogP contribution in [0.1, 0.15) is 0 Å². The van der Waals surface area contributed by atoms with E-state index in [4.69, 9.17) is 20.4 Å². The molecule has 0 aromatic carbocycles. The number of nitrogens with zero attached hydrogens (tertiary/aromatic N) is 4. The van der Waals surface area contributed by atoms with Gasteiger partial charge in [0.05, 0.1) is 50.3 Å². The Hall–Kier alpha value is -3.53. The molecule has 0 heterocycles. The van der Waals surface area contributed by atoms with Crippen molar-refractivity contribution in [2.45, 2.75) is 0 Å². The van der Waals surface area contributed by atoms with Crippen LogP contribution in [0.4, 0.5) is 0 Å². The Bertz CT molecular complexity index is 657. The first-order valence-corrected chi connectivity index (χ1v) is 8.57. The fraction of sp³-hybridized carbons (Fsp3) is 0.500. The SMILES string of the molecule is CON=C(CO)C(=O)[O-].CON=C(CO)C(=O)[O-].CON=C(CO)C(=O)[O-].CON=C(CO)C(=O)[O-].[Hf+4]. The van der Waals surface area contributed by atoms with E-state index in [0.29, 0.717) is 0 Å². The van der Waals surface area contributed by atoms with Crippen LogP contribution < -0.4 is 20.4 Å². The number of rotatable bonds is 12. The van der Waals surface area contributed by atoms with Crippen LogP contribution in [0.3, 0.4) is 0 Å². The molecule has 0 saturated carbocycles. The molecular weight excluding hydrogens is 683 g/mol. The van der Waals surface area contributed by atoms with Crippen LogP contribution in [0.2, 0.25) is 0 Å². The molecule has 0 aromatic rings. The van der Waals surface area contributed by atoms with E-state index in [1.54, 1.807) is 0 Å². The van der Waals surface area contributed by atoms with Crippen LogP contribution >= 0.6 is 0 Å². The van der Waals surface area contributed by atoms with Gasteiger partial charge in [-0.1, -0.05) is 20.6 Å². The minimum absolute atomic E-state index is 0. The van der Waals surface area contributed by atoms with Gasteiger partial charge in [-0.3, -0.25) is 0 Å². The predicted molar refractivity (Wildman–Crippen MR) is 106 cm³/mol. The van der Waals surface area contributed by atoms with E-state index in [1.807, 2.05) is 0 Å². The van der Waals surface area contributed by atoms with Gasteiger partial charge in [-0.25, -0.2) is 0 Å². The van der Waals surface area contributed by atoms with E-state index in [-0.39, 0.29) is 25.8 Å². The fourth-order valence-corrected chi connectivity index (χ4v) is 0.964. The molecule has 0 aromatic heterocycles. The first kappa shape index (κ1) is 43.5. The molecule has 0 rings (SSSR count). The summed E-state index contributed by atoms with van der Waals surface area (Å²) in [6.07, 6.45) is 0. The fourth-order valence-electron chi connectivity index (χ4n) is 0.964. The van der Waals surface area contributed by atoms with E-state index < -0.39 is 73.2 Å². The van der Waals surface area contributed by atoms with E-state index in [0.717, 1.165) is 0 Å². The van der Waals surface area contributed by atoms with Crippen molar-refractivity contribution in [1.29, 1.82) is 0 Å². The topological polar surface area (TPSA) is 328 Å². The number of carbonyl (C=O) groups excluding carboxylic acids is 4. The van der Waals surface area contributed by atoms with Gasteiger partial charge < -0.3 is 79.4 Å². The zero-order chi connectivity index (χ0) is 29.1. The van der Waals surface area contributed by atoms with Crippen molar-refractivity contribution in [3.05, 3.63) is 0 Å². The maximum atomic E-state index is 9.84. The third kappa shape index (κ3) is 28.6. The van der Waals surface area contributed by atoms with Crippen LogP contribution in [0, 0.1) is 0 Å². The van der Waals surface area contributed by atoms with Crippen molar-refractivity contribution in [1.82, 2.24) is 0 Å². The van der Waals surface area contributed by atoms with Crippen molar-refractivity contribution in [3.63, 3.8) is 0 Å². The number of aliphatic hydroxyl groups is 4. The van der Waals surface area contributed by atoms with Crippen LogP contribution in [-0.4, -0.2) is 122 Å². The molecule has 0 saturated heterocycles. The third-order valence-corrected chi connectivity index (χ3v) is 2.35. The molecule has 0 unspecified atom stereocenters. The summed E-state index contributed by atoms with van der Waals surface area (Å²) in [5.41, 5.74) is -2.06. The average molecular weight is 707 g/mol. The molecular formula is C16H24HfN4O16. The van der Waals surface area contributed by atoms with Gasteiger partial charge in [-0.15, -0.1) is 0 Å². The second-order valence-electron chi connectivity index (χ2n) is 4.66. The first-order chi connectivity index (χ1) is 16.9. The van der Waals surface area contributed by atoms with Gasteiger partial charge in [0.15, 0.2) is 0 Å². The number of carboxylic acid groups (broad SMARTS) is 4. The molecule has 4 N–H and O–H groups in total. The number of hydrogen-bond acceptors (Lipinski definition) is 20. The molecule has 0 radical (unpaired) electrons. The second kappa shape index (κ2) is 30.5. The smallest absolute Gasteiger partial charge is 0.543 e. The monoisotopic (exact) mass is 708 g/mol. The summed E-state index contributed by atoms with van der Waals surface area (Å²) in [6.45, 7) is -2.74. The largest absolute Gasteiger partial charge is 4.00 e. The Morgan fingerprint density at radius 1 is 0.486 bits per heavy atom. The number of carboxylic acids is 4. The quantitative estimate of drug-likeness (QED) is 0.0831. The van der Waals surface area contributed by atoms with Gasteiger partial charge >= 0.3 is 25.8 Å². The van der Waals surface area contributed by atoms with E-state index >= 15 is 0 Å². The van der Waals surface area contributed by atoms with Gasteiger partial charge in [-0.05, 0) is 0 Å². The van der Waals surface area contributed by atoms with Crippen molar-refractivity contribution < 1.29 is 105 Å². The standard InChI is InChI=1S/4C4H7NO4.Hf/c4*1-9-5-3(2-6)4(7)8;/h4*6H,2H2,1H3,(H,7,8);/q;;;;+4/p-4. The minimum Gasteiger partial charge on any atom is -0.543 e. The minimum atomic E-state index is -1.53. The molecule has 208 valence electrons. The molecule has 0 aliphatic rings. The second-order valence-corrected chi connectivity index (χ2v) is 4.66. The average Bonchev–Trinajstić information content (AvgIpc) is 2.83. The van der Waals surface area contributed by atoms with Crippen LogP contribution in [-0.2, 0) is 64.4 Å². The normalized spacial score (nSPS) is 10.8. The van der Waals surface area contributed by atoms with Gasteiger partial charge in [0.25, 0.3) is 0 Å². The van der Waals surface area contributed by atoms with Crippen molar-refractivity contribution in [2.24, 2.45) is 20.6 Å². The number of aliphatic hydroxyl groups excluding tert-OH is 4. The van der Waals surface area contributed by atoms with Crippen molar-refractivity contribution in [3.8, 4) is 0 Å². The summed E-state index contributed by atoms with van der Waals surface area (Å²) in [4.78, 5) is 55.6. The molecule has 0 spiro atoms. The van der Waals surface area contributed by atoms with Crippen molar-refractivity contribution in [2.75, 3.05) is 54.9 Å². The Balaban J connectivity index is -0.000000122. The Labute approximate surface area is 227 Å². The Morgan fingerprint density at radius 2 is 0.622 bits per heavy atom. The summed E-state index contributed by atoms with van der Waals surface area (Å²) in [5.74, 6) is -6.11.